The molecule has 1 heterocycles. The quantitative estimate of drug-likeness (QED) is 0.790. The topological polar surface area (TPSA) is 61.7 Å². The highest BCUT2D eigenvalue weighted by Gasteiger charge is 2.08. The zero-order valence-electron chi connectivity index (χ0n) is 8.64. The number of hydrogen-bond acceptors (Lipinski definition) is 4. The molecule has 1 aromatic carbocycles. The second-order valence-corrected chi connectivity index (χ2v) is 4.58. The summed E-state index contributed by atoms with van der Waals surface area (Å²) in [6.45, 7) is 0. The number of carboxylic acid groups (broad SMARTS) is 1. The Morgan fingerprint density at radius 1 is 1.38 bits per heavy atom. The van der Waals surface area contributed by atoms with Crippen molar-refractivity contribution in [1.82, 2.24) is 0 Å². The number of hydrogen-bond donors (Lipinski definition) is 2. The maximum atomic E-state index is 10.6. The van der Waals surface area contributed by atoms with Gasteiger partial charge in [-0.05, 0) is 36.4 Å². The maximum Gasteiger partial charge on any atom is 0.335 e. The molecule has 0 spiro atoms. The lowest BCUT2D eigenvalue weighted by Gasteiger charge is -2.01. The number of nitrogens with one attached hydrogen (secondary N) is 1. The molecule has 2 rings (SSSR count). The molecule has 0 unspecified atom stereocenters. The first kappa shape index (κ1) is 11.0. The first-order valence-electron chi connectivity index (χ1n) is 4.98. The van der Waals surface area contributed by atoms with E-state index in [1.54, 1.807) is 24.3 Å². The molecular formula is C11H12N2O2S. The third kappa shape index (κ3) is 2.76. The number of anilines is 1. The Morgan fingerprint density at radius 3 is 2.69 bits per heavy atom. The van der Waals surface area contributed by atoms with Crippen molar-refractivity contribution >= 4 is 29.1 Å². The molecule has 1 aliphatic heterocycles. The third-order valence-corrected chi connectivity index (χ3v) is 3.31. The molecule has 4 nitrogen and oxygen atoms in total. The minimum absolute atomic E-state index is 0.287. The first-order chi connectivity index (χ1) is 7.75. The summed E-state index contributed by atoms with van der Waals surface area (Å²) in [5.74, 6) is 1.21. The van der Waals surface area contributed by atoms with Crippen LogP contribution in [0.2, 0.25) is 0 Å². The Morgan fingerprint density at radius 2 is 2.12 bits per heavy atom. The predicted octanol–water partition coefficient (Wildman–Crippen LogP) is 2.29. The molecule has 1 saturated heterocycles. The van der Waals surface area contributed by atoms with E-state index in [1.807, 2.05) is 11.8 Å². The van der Waals surface area contributed by atoms with Crippen LogP contribution in [0.15, 0.2) is 29.4 Å². The van der Waals surface area contributed by atoms with Gasteiger partial charge in [0.2, 0.25) is 0 Å². The van der Waals surface area contributed by atoms with Crippen molar-refractivity contribution < 1.29 is 9.90 Å². The van der Waals surface area contributed by atoms with Crippen LogP contribution in [0.1, 0.15) is 16.8 Å². The van der Waals surface area contributed by atoms with Crippen LogP contribution in [0.5, 0.6) is 0 Å². The summed E-state index contributed by atoms with van der Waals surface area (Å²) in [6.07, 6.45) is 1.03. The van der Waals surface area contributed by atoms with E-state index in [0.717, 1.165) is 29.3 Å². The molecule has 0 amide bonds. The normalized spacial score (nSPS) is 17.6. The molecule has 0 saturated carbocycles. The van der Waals surface area contributed by atoms with Crippen LogP contribution in [0.4, 0.5) is 5.69 Å². The van der Waals surface area contributed by atoms with Crippen LogP contribution in [0, 0.1) is 0 Å². The highest BCUT2D eigenvalue weighted by atomic mass is 32.2. The second-order valence-electron chi connectivity index (χ2n) is 3.47. The number of carbonyl (C=O) groups is 1. The van der Waals surface area contributed by atoms with Crippen LogP contribution in [0.3, 0.4) is 0 Å². The minimum atomic E-state index is -0.912. The van der Waals surface area contributed by atoms with E-state index in [2.05, 4.69) is 10.5 Å². The van der Waals surface area contributed by atoms with E-state index in [4.69, 9.17) is 5.11 Å². The van der Waals surface area contributed by atoms with Gasteiger partial charge in [-0.2, -0.15) is 16.9 Å². The van der Waals surface area contributed by atoms with Gasteiger partial charge in [-0.1, -0.05) is 0 Å². The molecule has 84 valence electrons. The lowest BCUT2D eigenvalue weighted by atomic mass is 10.2. The number of rotatable bonds is 3. The molecule has 0 aliphatic carbocycles. The van der Waals surface area contributed by atoms with Crippen molar-refractivity contribution in [3.8, 4) is 0 Å². The van der Waals surface area contributed by atoms with E-state index in [9.17, 15) is 4.79 Å². The Kier molecular flexibility index (Phi) is 3.46. The van der Waals surface area contributed by atoms with Crippen LogP contribution in [-0.4, -0.2) is 28.3 Å². The van der Waals surface area contributed by atoms with Gasteiger partial charge >= 0.3 is 5.97 Å². The van der Waals surface area contributed by atoms with E-state index >= 15 is 0 Å². The van der Waals surface area contributed by atoms with Crippen molar-refractivity contribution in [2.75, 3.05) is 16.9 Å². The Balaban J connectivity index is 1.99. The van der Waals surface area contributed by atoms with Gasteiger partial charge < -0.3 is 5.11 Å². The molecule has 5 heteroatoms. The molecule has 0 radical (unpaired) electrons. The SMILES string of the molecule is O=C(O)c1ccc(N/N=C2\CCSC2)cc1. The summed E-state index contributed by atoms with van der Waals surface area (Å²) < 4.78 is 0. The summed E-state index contributed by atoms with van der Waals surface area (Å²) in [5, 5.41) is 13.0. The van der Waals surface area contributed by atoms with Crippen molar-refractivity contribution in [2.24, 2.45) is 5.10 Å². The molecule has 2 N–H and O–H groups in total. The summed E-state index contributed by atoms with van der Waals surface area (Å²) >= 11 is 1.88. The van der Waals surface area contributed by atoms with Gasteiger partial charge in [0, 0.05) is 11.5 Å². The van der Waals surface area contributed by atoms with Gasteiger partial charge in [0.25, 0.3) is 0 Å². The second kappa shape index (κ2) is 5.03. The zero-order chi connectivity index (χ0) is 11.4. The Hall–Kier alpha value is -1.49. The fourth-order valence-corrected chi connectivity index (χ4v) is 2.34. The highest BCUT2D eigenvalue weighted by Crippen LogP contribution is 2.15. The smallest absolute Gasteiger partial charge is 0.335 e. The van der Waals surface area contributed by atoms with Gasteiger partial charge in [-0.25, -0.2) is 4.79 Å². The van der Waals surface area contributed by atoms with Crippen LogP contribution < -0.4 is 5.43 Å². The minimum Gasteiger partial charge on any atom is -0.478 e. The van der Waals surface area contributed by atoms with Gasteiger partial charge in [0.15, 0.2) is 0 Å². The standard InChI is InChI=1S/C11H12N2O2S/c14-11(15)8-1-3-9(4-2-8)12-13-10-5-6-16-7-10/h1-4,12H,5-7H2,(H,14,15)/b13-10+. The number of hydrazone groups is 1. The van der Waals surface area contributed by atoms with Gasteiger partial charge in [0.05, 0.1) is 11.3 Å². The third-order valence-electron chi connectivity index (χ3n) is 2.28. The molecule has 1 fully saturated rings. The number of benzene rings is 1. The monoisotopic (exact) mass is 236 g/mol. The summed E-state index contributed by atoms with van der Waals surface area (Å²) in [5.41, 5.74) is 5.19. The number of nitrogens with zero attached hydrogens (tertiary/aromatic N) is 1. The van der Waals surface area contributed by atoms with E-state index in [-0.39, 0.29) is 5.56 Å². The lowest BCUT2D eigenvalue weighted by Crippen LogP contribution is -2.00. The summed E-state index contributed by atoms with van der Waals surface area (Å²) in [7, 11) is 0. The largest absolute Gasteiger partial charge is 0.478 e. The van der Waals surface area contributed by atoms with E-state index in [1.165, 1.54) is 0 Å². The summed E-state index contributed by atoms with van der Waals surface area (Å²) in [6, 6.07) is 6.56. The van der Waals surface area contributed by atoms with E-state index in [0.29, 0.717) is 0 Å². The highest BCUT2D eigenvalue weighted by molar-refractivity contribution is 8.00. The van der Waals surface area contributed by atoms with Gasteiger partial charge in [-0.15, -0.1) is 0 Å². The molecular weight excluding hydrogens is 224 g/mol. The first-order valence-corrected chi connectivity index (χ1v) is 6.14. The molecule has 0 aromatic heterocycles. The average Bonchev–Trinajstić information content (AvgIpc) is 2.80. The van der Waals surface area contributed by atoms with Crippen molar-refractivity contribution in [3.05, 3.63) is 29.8 Å². The predicted molar refractivity (Wildman–Crippen MR) is 66.4 cm³/mol. The summed E-state index contributed by atoms with van der Waals surface area (Å²) in [4.78, 5) is 10.6. The van der Waals surface area contributed by atoms with Crippen molar-refractivity contribution in [2.45, 2.75) is 6.42 Å². The molecule has 1 aliphatic rings. The van der Waals surface area contributed by atoms with E-state index < -0.39 is 5.97 Å². The number of aromatic carboxylic acids is 1. The molecule has 16 heavy (non-hydrogen) atoms. The van der Waals surface area contributed by atoms with Crippen LogP contribution in [0.25, 0.3) is 0 Å². The van der Waals surface area contributed by atoms with Crippen LogP contribution in [-0.2, 0) is 0 Å². The maximum absolute atomic E-state index is 10.6. The zero-order valence-corrected chi connectivity index (χ0v) is 9.46. The molecule has 0 bridgehead atoms. The van der Waals surface area contributed by atoms with Crippen molar-refractivity contribution in [3.63, 3.8) is 0 Å². The molecule has 1 aromatic rings. The number of thioether (sulfide) groups is 1. The van der Waals surface area contributed by atoms with Gasteiger partial charge in [0.1, 0.15) is 0 Å². The fourth-order valence-electron chi connectivity index (χ4n) is 1.37. The number of carboxylic acids is 1. The molecule has 0 atom stereocenters. The van der Waals surface area contributed by atoms with Crippen molar-refractivity contribution in [1.29, 1.82) is 0 Å². The Labute approximate surface area is 97.7 Å². The average molecular weight is 236 g/mol. The van der Waals surface area contributed by atoms with Gasteiger partial charge in [-0.3, -0.25) is 5.43 Å². The fraction of sp³-hybridized carbons (Fsp3) is 0.273. The van der Waals surface area contributed by atoms with Crippen LogP contribution >= 0.6 is 11.8 Å². The lowest BCUT2D eigenvalue weighted by molar-refractivity contribution is 0.0697. The Bertz CT molecular complexity index is 406.